The van der Waals surface area contributed by atoms with Gasteiger partial charge in [0.25, 0.3) is 0 Å². The predicted octanol–water partition coefficient (Wildman–Crippen LogP) is 4.81. The van der Waals surface area contributed by atoms with Crippen molar-refractivity contribution in [2.45, 2.75) is 26.0 Å². The standard InChI is InChI=1S/C20H17F2N3O/c1-2-15(11-23)26-16-5-3-4-13(8-16)12-25-19-6-7-24-20-17(19)9-14(21)10-18(20)22/h3-10,15H,2,12H2,1H3,(H,24,25). The van der Waals surface area contributed by atoms with Gasteiger partial charge in [0.2, 0.25) is 0 Å². The molecule has 6 heteroatoms. The van der Waals surface area contributed by atoms with Crippen LogP contribution in [0.3, 0.4) is 0 Å². The van der Waals surface area contributed by atoms with Crippen molar-refractivity contribution < 1.29 is 13.5 Å². The maximum atomic E-state index is 13.9. The number of nitrogens with zero attached hydrogens (tertiary/aromatic N) is 2. The maximum Gasteiger partial charge on any atom is 0.184 e. The summed E-state index contributed by atoms with van der Waals surface area (Å²) in [7, 11) is 0. The third-order valence-corrected chi connectivity index (χ3v) is 3.94. The van der Waals surface area contributed by atoms with Crippen molar-refractivity contribution in [3.63, 3.8) is 0 Å². The van der Waals surface area contributed by atoms with Crippen molar-refractivity contribution >= 4 is 16.6 Å². The number of nitrogens with one attached hydrogen (secondary N) is 1. The fraction of sp³-hybridized carbons (Fsp3) is 0.200. The lowest BCUT2D eigenvalue weighted by molar-refractivity contribution is 0.251. The number of hydrogen-bond acceptors (Lipinski definition) is 4. The van der Waals surface area contributed by atoms with E-state index in [0.29, 0.717) is 29.8 Å². The van der Waals surface area contributed by atoms with Crippen LogP contribution in [-0.2, 0) is 6.54 Å². The largest absolute Gasteiger partial charge is 0.476 e. The number of halogens is 2. The molecule has 0 amide bonds. The lowest BCUT2D eigenvalue weighted by Gasteiger charge is -2.13. The molecule has 0 aliphatic carbocycles. The van der Waals surface area contributed by atoms with E-state index in [1.165, 1.54) is 12.3 Å². The molecule has 1 aromatic heterocycles. The van der Waals surface area contributed by atoms with E-state index in [9.17, 15) is 8.78 Å². The van der Waals surface area contributed by atoms with Gasteiger partial charge in [-0.2, -0.15) is 5.26 Å². The van der Waals surface area contributed by atoms with E-state index in [4.69, 9.17) is 10.00 Å². The monoisotopic (exact) mass is 353 g/mol. The zero-order chi connectivity index (χ0) is 18.5. The van der Waals surface area contributed by atoms with Crippen LogP contribution < -0.4 is 10.1 Å². The second-order valence-corrected chi connectivity index (χ2v) is 5.79. The van der Waals surface area contributed by atoms with Crippen molar-refractivity contribution in [1.82, 2.24) is 4.98 Å². The molecule has 0 fully saturated rings. The fourth-order valence-electron chi connectivity index (χ4n) is 2.62. The lowest BCUT2D eigenvalue weighted by atomic mass is 10.1. The molecular formula is C20H17F2N3O. The summed E-state index contributed by atoms with van der Waals surface area (Å²) in [6, 6.07) is 13.2. The molecule has 0 aliphatic rings. The Kier molecular flexibility index (Phi) is 5.28. The second-order valence-electron chi connectivity index (χ2n) is 5.79. The summed E-state index contributed by atoms with van der Waals surface area (Å²) in [4.78, 5) is 3.97. The molecule has 1 N–H and O–H groups in total. The topological polar surface area (TPSA) is 57.9 Å². The van der Waals surface area contributed by atoms with Crippen LogP contribution >= 0.6 is 0 Å². The molecule has 4 nitrogen and oxygen atoms in total. The normalized spacial score (nSPS) is 11.8. The van der Waals surface area contributed by atoms with Gasteiger partial charge in [-0.1, -0.05) is 19.1 Å². The highest BCUT2D eigenvalue weighted by Gasteiger charge is 2.10. The Labute approximate surface area is 150 Å². The van der Waals surface area contributed by atoms with E-state index in [0.717, 1.165) is 11.6 Å². The van der Waals surface area contributed by atoms with Crippen LogP contribution in [0.5, 0.6) is 5.75 Å². The molecule has 3 rings (SSSR count). The molecule has 3 aromatic rings. The number of ether oxygens (including phenoxy) is 1. The van der Waals surface area contributed by atoms with Crippen molar-refractivity contribution in [1.29, 1.82) is 5.26 Å². The van der Waals surface area contributed by atoms with Crippen LogP contribution in [0, 0.1) is 23.0 Å². The summed E-state index contributed by atoms with van der Waals surface area (Å²) in [6.07, 6.45) is 1.58. The SMILES string of the molecule is CCC(C#N)Oc1cccc(CNc2ccnc3c(F)cc(F)cc23)c1. The van der Waals surface area contributed by atoms with E-state index in [-0.39, 0.29) is 5.52 Å². The summed E-state index contributed by atoms with van der Waals surface area (Å²) < 4.78 is 33.0. The maximum absolute atomic E-state index is 13.9. The van der Waals surface area contributed by atoms with E-state index in [2.05, 4.69) is 16.4 Å². The van der Waals surface area contributed by atoms with Crippen molar-refractivity contribution in [2.24, 2.45) is 0 Å². The van der Waals surface area contributed by atoms with Crippen LogP contribution in [0.25, 0.3) is 10.9 Å². The Morgan fingerprint density at radius 3 is 2.85 bits per heavy atom. The van der Waals surface area contributed by atoms with Gasteiger partial charge < -0.3 is 10.1 Å². The molecule has 26 heavy (non-hydrogen) atoms. The van der Waals surface area contributed by atoms with Gasteiger partial charge in [0.15, 0.2) is 11.9 Å². The molecule has 0 radical (unpaired) electrons. The van der Waals surface area contributed by atoms with Gasteiger partial charge in [0.05, 0.1) is 0 Å². The molecule has 0 saturated heterocycles. The average molecular weight is 353 g/mol. The molecule has 0 spiro atoms. The first-order chi connectivity index (χ1) is 12.6. The van der Waals surface area contributed by atoms with Crippen LogP contribution in [-0.4, -0.2) is 11.1 Å². The molecule has 132 valence electrons. The number of rotatable bonds is 6. The summed E-state index contributed by atoms with van der Waals surface area (Å²) in [5, 5.41) is 12.6. The zero-order valence-corrected chi connectivity index (χ0v) is 14.2. The molecule has 0 aliphatic heterocycles. The van der Waals surface area contributed by atoms with Crippen molar-refractivity contribution in [2.75, 3.05) is 5.32 Å². The van der Waals surface area contributed by atoms with Crippen molar-refractivity contribution in [3.05, 3.63) is 65.9 Å². The zero-order valence-electron chi connectivity index (χ0n) is 14.2. The van der Waals surface area contributed by atoms with Gasteiger partial charge in [-0.3, -0.25) is 4.98 Å². The number of nitriles is 1. The Bertz CT molecular complexity index is 969. The highest BCUT2D eigenvalue weighted by molar-refractivity contribution is 5.91. The van der Waals surface area contributed by atoms with Gasteiger partial charge in [-0.05, 0) is 36.2 Å². The molecule has 1 heterocycles. The van der Waals surface area contributed by atoms with Gasteiger partial charge in [-0.25, -0.2) is 8.78 Å². The smallest absolute Gasteiger partial charge is 0.184 e. The molecule has 1 unspecified atom stereocenters. The highest BCUT2D eigenvalue weighted by atomic mass is 19.1. The van der Waals surface area contributed by atoms with Gasteiger partial charge in [0, 0.05) is 29.9 Å². The number of pyridine rings is 1. The summed E-state index contributed by atoms with van der Waals surface area (Å²) in [5.74, 6) is -0.737. The third kappa shape index (κ3) is 3.89. The first-order valence-corrected chi connectivity index (χ1v) is 8.23. The Morgan fingerprint density at radius 2 is 2.08 bits per heavy atom. The Balaban J connectivity index is 1.80. The first-order valence-electron chi connectivity index (χ1n) is 8.23. The minimum atomic E-state index is -0.693. The lowest BCUT2D eigenvalue weighted by Crippen LogP contribution is -2.12. The fourth-order valence-corrected chi connectivity index (χ4v) is 2.62. The quantitative estimate of drug-likeness (QED) is 0.691. The number of hydrogen-bond donors (Lipinski definition) is 1. The summed E-state index contributed by atoms with van der Waals surface area (Å²) >= 11 is 0. The predicted molar refractivity (Wildman–Crippen MR) is 95.7 cm³/mol. The minimum Gasteiger partial charge on any atom is -0.476 e. The number of anilines is 1. The average Bonchev–Trinajstić information content (AvgIpc) is 2.65. The van der Waals surface area contributed by atoms with Gasteiger partial charge in [-0.15, -0.1) is 0 Å². The van der Waals surface area contributed by atoms with E-state index < -0.39 is 17.7 Å². The van der Waals surface area contributed by atoms with Crippen LogP contribution in [0.15, 0.2) is 48.7 Å². The summed E-state index contributed by atoms with van der Waals surface area (Å²) in [5.41, 5.74) is 1.62. The Morgan fingerprint density at radius 1 is 1.23 bits per heavy atom. The van der Waals surface area contributed by atoms with Gasteiger partial charge >= 0.3 is 0 Å². The third-order valence-electron chi connectivity index (χ3n) is 3.94. The van der Waals surface area contributed by atoms with Crippen LogP contribution in [0.4, 0.5) is 14.5 Å². The summed E-state index contributed by atoms with van der Waals surface area (Å²) in [6.45, 7) is 2.31. The highest BCUT2D eigenvalue weighted by Crippen LogP contribution is 2.25. The van der Waals surface area contributed by atoms with E-state index >= 15 is 0 Å². The molecule has 0 bridgehead atoms. The van der Waals surface area contributed by atoms with E-state index in [1.807, 2.05) is 25.1 Å². The number of fused-ring (bicyclic) bond motifs is 1. The van der Waals surface area contributed by atoms with Crippen LogP contribution in [0.2, 0.25) is 0 Å². The van der Waals surface area contributed by atoms with Crippen LogP contribution in [0.1, 0.15) is 18.9 Å². The Hall–Kier alpha value is -3.20. The minimum absolute atomic E-state index is 0.119. The molecule has 0 saturated carbocycles. The number of benzene rings is 2. The molecule has 2 aromatic carbocycles. The van der Waals surface area contributed by atoms with Gasteiger partial charge in [0.1, 0.15) is 23.2 Å². The molecule has 1 atom stereocenters. The van der Waals surface area contributed by atoms with E-state index in [1.54, 1.807) is 12.1 Å². The second kappa shape index (κ2) is 7.79. The molecular weight excluding hydrogens is 336 g/mol. The first kappa shape index (κ1) is 17.6. The number of aromatic nitrogens is 1. The van der Waals surface area contributed by atoms with Crippen molar-refractivity contribution in [3.8, 4) is 11.8 Å².